The first-order valence-corrected chi connectivity index (χ1v) is 7.74. The number of carboxylic acids is 1. The molecule has 1 atom stereocenters. The third kappa shape index (κ3) is 2.08. The third-order valence-electron chi connectivity index (χ3n) is 4.71. The van der Waals surface area contributed by atoms with E-state index in [2.05, 4.69) is 4.98 Å². The minimum Gasteiger partial charge on any atom is -0.508 e. The Bertz CT molecular complexity index is 734. The van der Waals surface area contributed by atoms with Gasteiger partial charge in [-0.3, -0.25) is 4.79 Å². The summed E-state index contributed by atoms with van der Waals surface area (Å²) in [6.07, 6.45) is 2.00. The van der Waals surface area contributed by atoms with Crippen LogP contribution in [0.5, 0.6) is 5.75 Å². The maximum absolute atomic E-state index is 11.3. The first kappa shape index (κ1) is 14.9. The Hall–Kier alpha value is -2.01. The van der Waals surface area contributed by atoms with Crippen molar-refractivity contribution in [1.82, 2.24) is 4.98 Å². The smallest absolute Gasteiger partial charge is 0.306 e. The van der Waals surface area contributed by atoms with Gasteiger partial charge in [-0.2, -0.15) is 0 Å². The van der Waals surface area contributed by atoms with Crippen molar-refractivity contribution in [2.24, 2.45) is 0 Å². The number of rotatable bonds is 4. The summed E-state index contributed by atoms with van der Waals surface area (Å²) in [5.41, 5.74) is 2.95. The highest BCUT2D eigenvalue weighted by Crippen LogP contribution is 2.43. The molecule has 0 unspecified atom stereocenters. The fourth-order valence-electron chi connectivity index (χ4n) is 3.58. The molecule has 1 aromatic heterocycles. The molecule has 1 aliphatic heterocycles. The molecule has 0 saturated carbocycles. The highest BCUT2D eigenvalue weighted by Gasteiger charge is 2.41. The van der Waals surface area contributed by atoms with Crippen LogP contribution in [-0.4, -0.2) is 27.8 Å². The summed E-state index contributed by atoms with van der Waals surface area (Å²) in [4.78, 5) is 14.7. The topological polar surface area (TPSA) is 82.5 Å². The van der Waals surface area contributed by atoms with E-state index in [4.69, 9.17) is 4.74 Å². The van der Waals surface area contributed by atoms with E-state index in [-0.39, 0.29) is 12.2 Å². The fourth-order valence-corrected chi connectivity index (χ4v) is 3.58. The van der Waals surface area contributed by atoms with Crippen molar-refractivity contribution in [2.75, 3.05) is 6.61 Å². The number of carbonyl (C=O) groups is 1. The van der Waals surface area contributed by atoms with Gasteiger partial charge >= 0.3 is 5.97 Å². The van der Waals surface area contributed by atoms with E-state index in [0.29, 0.717) is 19.4 Å². The van der Waals surface area contributed by atoms with Gasteiger partial charge in [0, 0.05) is 10.9 Å². The van der Waals surface area contributed by atoms with Gasteiger partial charge in [-0.15, -0.1) is 0 Å². The molecule has 3 N–H and O–H groups in total. The number of phenolic OH excluding ortho intramolecular Hbond substituents is 1. The molecule has 118 valence electrons. The molecule has 0 amide bonds. The maximum Gasteiger partial charge on any atom is 0.306 e. The zero-order valence-corrected chi connectivity index (χ0v) is 12.9. The molecular weight excluding hydrogens is 282 g/mol. The molecule has 0 fully saturated rings. The molecule has 5 nitrogen and oxygen atoms in total. The van der Waals surface area contributed by atoms with Crippen LogP contribution in [0.4, 0.5) is 0 Å². The van der Waals surface area contributed by atoms with Crippen molar-refractivity contribution in [3.8, 4) is 5.75 Å². The van der Waals surface area contributed by atoms with Crippen LogP contribution >= 0.6 is 0 Å². The molecule has 2 aromatic rings. The lowest BCUT2D eigenvalue weighted by molar-refractivity contribution is -0.148. The number of phenols is 1. The normalized spacial score (nSPS) is 21.0. The molecule has 5 heteroatoms. The summed E-state index contributed by atoms with van der Waals surface area (Å²) in [5, 5.41) is 20.4. The zero-order chi connectivity index (χ0) is 15.9. The molecule has 0 saturated heterocycles. The lowest BCUT2D eigenvalue weighted by Gasteiger charge is -2.35. The number of H-pyrrole nitrogens is 1. The predicted molar refractivity (Wildman–Crippen MR) is 83.2 cm³/mol. The maximum atomic E-state index is 11.3. The molecule has 0 aliphatic carbocycles. The summed E-state index contributed by atoms with van der Waals surface area (Å²) in [6.45, 7) is 4.46. The van der Waals surface area contributed by atoms with Crippen LogP contribution in [0.3, 0.4) is 0 Å². The van der Waals surface area contributed by atoms with Gasteiger partial charge in [-0.05, 0) is 37.0 Å². The molecule has 22 heavy (non-hydrogen) atoms. The van der Waals surface area contributed by atoms with E-state index in [1.54, 1.807) is 6.07 Å². The minimum absolute atomic E-state index is 0.0588. The van der Waals surface area contributed by atoms with Crippen LogP contribution < -0.4 is 0 Å². The van der Waals surface area contributed by atoms with Crippen LogP contribution in [0.2, 0.25) is 0 Å². The number of hydrogen-bond donors (Lipinski definition) is 3. The minimum atomic E-state index is -0.869. The van der Waals surface area contributed by atoms with Gasteiger partial charge in [0.1, 0.15) is 11.4 Å². The molecule has 3 rings (SSSR count). The van der Waals surface area contributed by atoms with E-state index >= 15 is 0 Å². The number of nitrogens with one attached hydrogen (secondary N) is 1. The van der Waals surface area contributed by atoms with Crippen LogP contribution in [0.1, 0.15) is 43.5 Å². The van der Waals surface area contributed by atoms with Crippen molar-refractivity contribution < 1.29 is 19.7 Å². The molecular formula is C17H21NO4. The quantitative estimate of drug-likeness (QED) is 0.810. The SMILES string of the molecule is CCc1c(O)ccc2c3c([nH]c12)[C@](CC)(CC(=O)O)OCC3. The Morgan fingerprint density at radius 2 is 2.18 bits per heavy atom. The Kier molecular flexibility index (Phi) is 3.60. The van der Waals surface area contributed by atoms with Crippen molar-refractivity contribution >= 4 is 16.9 Å². The largest absolute Gasteiger partial charge is 0.508 e. The summed E-state index contributed by atoms with van der Waals surface area (Å²) in [7, 11) is 0. The molecule has 1 aromatic carbocycles. The van der Waals surface area contributed by atoms with Crippen molar-refractivity contribution in [3.05, 3.63) is 29.0 Å². The Balaban J connectivity index is 2.27. The van der Waals surface area contributed by atoms with Crippen molar-refractivity contribution in [3.63, 3.8) is 0 Å². The van der Waals surface area contributed by atoms with Gasteiger partial charge in [0.15, 0.2) is 0 Å². The van der Waals surface area contributed by atoms with Crippen LogP contribution in [-0.2, 0) is 28.0 Å². The number of carboxylic acid groups (broad SMARTS) is 1. The van der Waals surface area contributed by atoms with Gasteiger partial charge in [-0.1, -0.05) is 13.8 Å². The number of aromatic amines is 1. The van der Waals surface area contributed by atoms with Crippen molar-refractivity contribution in [1.29, 1.82) is 0 Å². The number of aromatic nitrogens is 1. The molecule has 1 aliphatic rings. The van der Waals surface area contributed by atoms with E-state index in [1.165, 1.54) is 0 Å². The number of fused-ring (bicyclic) bond motifs is 3. The standard InChI is InChI=1S/C17H21NO4/c1-3-10-13(19)6-5-11-12-7-8-22-17(4-2,9-14(20)21)16(12)18-15(10)11/h5-6,18-19H,3-4,7-9H2,1-2H3,(H,20,21)/t17-/m0/s1. The Morgan fingerprint density at radius 3 is 2.82 bits per heavy atom. The van der Waals surface area contributed by atoms with Crippen LogP contribution in [0.25, 0.3) is 10.9 Å². The lowest BCUT2D eigenvalue weighted by atomic mass is 9.86. The number of hydrogen-bond acceptors (Lipinski definition) is 3. The molecule has 0 bridgehead atoms. The van der Waals surface area contributed by atoms with Gasteiger partial charge in [0.25, 0.3) is 0 Å². The summed E-state index contributed by atoms with van der Waals surface area (Å²) >= 11 is 0. The monoisotopic (exact) mass is 303 g/mol. The molecule has 0 radical (unpaired) electrons. The second-order valence-electron chi connectivity index (χ2n) is 5.83. The second-order valence-corrected chi connectivity index (χ2v) is 5.83. The van der Waals surface area contributed by atoms with E-state index in [1.807, 2.05) is 19.9 Å². The van der Waals surface area contributed by atoms with Crippen molar-refractivity contribution in [2.45, 2.75) is 45.1 Å². The summed E-state index contributed by atoms with van der Waals surface area (Å²) < 4.78 is 5.91. The Labute approximate surface area is 128 Å². The number of aliphatic carboxylic acids is 1. The second kappa shape index (κ2) is 5.32. The highest BCUT2D eigenvalue weighted by atomic mass is 16.5. The van der Waals surface area contributed by atoms with E-state index in [0.717, 1.165) is 34.1 Å². The summed E-state index contributed by atoms with van der Waals surface area (Å²) in [5.74, 6) is -0.596. The van der Waals surface area contributed by atoms with E-state index < -0.39 is 11.6 Å². The number of ether oxygens (including phenoxy) is 1. The first-order valence-electron chi connectivity index (χ1n) is 7.74. The number of aryl methyl sites for hydroxylation is 1. The number of aromatic hydroxyl groups is 1. The van der Waals surface area contributed by atoms with Gasteiger partial charge in [-0.25, -0.2) is 0 Å². The van der Waals surface area contributed by atoms with Crippen LogP contribution in [0.15, 0.2) is 12.1 Å². The Morgan fingerprint density at radius 1 is 1.41 bits per heavy atom. The average molecular weight is 303 g/mol. The molecule has 2 heterocycles. The lowest BCUT2D eigenvalue weighted by Crippen LogP contribution is -2.37. The summed E-state index contributed by atoms with van der Waals surface area (Å²) in [6, 6.07) is 3.63. The first-order chi connectivity index (χ1) is 10.5. The molecule has 0 spiro atoms. The van der Waals surface area contributed by atoms with Gasteiger partial charge < -0.3 is 19.9 Å². The van der Waals surface area contributed by atoms with Gasteiger partial charge in [0.05, 0.1) is 24.2 Å². The van der Waals surface area contributed by atoms with E-state index in [9.17, 15) is 15.0 Å². The number of benzene rings is 1. The average Bonchev–Trinajstić information content (AvgIpc) is 2.86. The van der Waals surface area contributed by atoms with Crippen LogP contribution in [0, 0.1) is 0 Å². The fraction of sp³-hybridized carbons (Fsp3) is 0.471. The third-order valence-corrected chi connectivity index (χ3v) is 4.71. The predicted octanol–water partition coefficient (Wildman–Crippen LogP) is 3.09. The highest BCUT2D eigenvalue weighted by molar-refractivity contribution is 5.90. The zero-order valence-electron chi connectivity index (χ0n) is 12.9. The van der Waals surface area contributed by atoms with Gasteiger partial charge in [0.2, 0.25) is 0 Å².